The van der Waals surface area contributed by atoms with Gasteiger partial charge >= 0.3 is 0 Å². The zero-order valence-electron chi connectivity index (χ0n) is 11.9. The average molecular weight is 305 g/mol. The predicted octanol–water partition coefficient (Wildman–Crippen LogP) is 2.01. The number of benzene rings is 2. The van der Waals surface area contributed by atoms with Gasteiger partial charge in [-0.05, 0) is 42.2 Å². The molecule has 112 valence electrons. The van der Waals surface area contributed by atoms with Gasteiger partial charge in [-0.1, -0.05) is 36.4 Å². The minimum absolute atomic E-state index is 0.0532. The summed E-state index contributed by atoms with van der Waals surface area (Å²) in [6, 6.07) is 14.2. The van der Waals surface area contributed by atoms with E-state index in [2.05, 4.69) is 4.72 Å². The number of aliphatic hydroxyl groups excluding tert-OH is 1. The van der Waals surface area contributed by atoms with Crippen LogP contribution in [-0.2, 0) is 23.0 Å². The van der Waals surface area contributed by atoms with Crippen LogP contribution in [0.25, 0.3) is 0 Å². The van der Waals surface area contributed by atoms with E-state index in [-0.39, 0.29) is 18.0 Å². The molecule has 0 atom stereocenters. The highest BCUT2D eigenvalue weighted by molar-refractivity contribution is 7.89. The van der Waals surface area contributed by atoms with E-state index in [0.717, 1.165) is 16.7 Å². The van der Waals surface area contributed by atoms with Crippen LogP contribution in [0.4, 0.5) is 0 Å². The highest BCUT2D eigenvalue weighted by atomic mass is 32.2. The van der Waals surface area contributed by atoms with E-state index < -0.39 is 10.0 Å². The molecule has 0 aliphatic rings. The first-order valence-electron chi connectivity index (χ1n) is 6.77. The number of hydrogen-bond acceptors (Lipinski definition) is 3. The lowest BCUT2D eigenvalue weighted by Crippen LogP contribution is -2.23. The Hall–Kier alpha value is -1.69. The van der Waals surface area contributed by atoms with E-state index in [1.807, 2.05) is 31.2 Å². The molecule has 0 amide bonds. The van der Waals surface area contributed by atoms with Gasteiger partial charge in [-0.2, -0.15) is 0 Å². The Morgan fingerprint density at radius 1 is 1.05 bits per heavy atom. The van der Waals surface area contributed by atoms with Crippen molar-refractivity contribution in [3.05, 3.63) is 65.2 Å². The molecule has 5 heteroatoms. The van der Waals surface area contributed by atoms with Gasteiger partial charge in [-0.15, -0.1) is 0 Å². The van der Waals surface area contributed by atoms with Gasteiger partial charge in [-0.3, -0.25) is 0 Å². The molecule has 0 aliphatic carbocycles. The summed E-state index contributed by atoms with van der Waals surface area (Å²) in [6.45, 7) is 2.28. The van der Waals surface area contributed by atoms with Gasteiger partial charge in [0.05, 0.1) is 4.90 Å². The van der Waals surface area contributed by atoms with Crippen LogP contribution in [0.3, 0.4) is 0 Å². The van der Waals surface area contributed by atoms with Crippen molar-refractivity contribution in [2.75, 3.05) is 6.61 Å². The van der Waals surface area contributed by atoms with Gasteiger partial charge in [-0.25, -0.2) is 13.1 Å². The molecule has 0 saturated heterocycles. The van der Waals surface area contributed by atoms with Gasteiger partial charge in [0, 0.05) is 13.2 Å². The van der Waals surface area contributed by atoms with E-state index in [1.54, 1.807) is 24.3 Å². The summed E-state index contributed by atoms with van der Waals surface area (Å²) < 4.78 is 27.1. The Kier molecular flexibility index (Phi) is 5.12. The van der Waals surface area contributed by atoms with Crippen LogP contribution in [0.1, 0.15) is 16.7 Å². The SMILES string of the molecule is Cc1ccccc1CNS(=O)(=O)c1ccc(CCO)cc1. The van der Waals surface area contributed by atoms with Crippen molar-refractivity contribution in [2.24, 2.45) is 0 Å². The van der Waals surface area contributed by atoms with Gasteiger partial charge in [0.1, 0.15) is 0 Å². The molecular formula is C16H19NO3S. The zero-order valence-corrected chi connectivity index (χ0v) is 12.7. The van der Waals surface area contributed by atoms with Crippen LogP contribution < -0.4 is 4.72 Å². The maximum atomic E-state index is 12.2. The maximum Gasteiger partial charge on any atom is 0.240 e. The van der Waals surface area contributed by atoms with E-state index in [4.69, 9.17) is 5.11 Å². The number of aryl methyl sites for hydroxylation is 1. The molecule has 4 nitrogen and oxygen atoms in total. The normalized spacial score (nSPS) is 11.5. The van der Waals surface area contributed by atoms with Crippen LogP contribution in [0.2, 0.25) is 0 Å². The second-order valence-electron chi connectivity index (χ2n) is 4.87. The van der Waals surface area contributed by atoms with Crippen molar-refractivity contribution < 1.29 is 13.5 Å². The van der Waals surface area contributed by atoms with E-state index >= 15 is 0 Å². The zero-order chi connectivity index (χ0) is 15.3. The molecule has 0 saturated carbocycles. The molecule has 2 aromatic rings. The summed E-state index contributed by atoms with van der Waals surface area (Å²) >= 11 is 0. The molecular weight excluding hydrogens is 286 g/mol. The Morgan fingerprint density at radius 2 is 1.71 bits per heavy atom. The van der Waals surface area contributed by atoms with Crippen molar-refractivity contribution in [1.82, 2.24) is 4.72 Å². The molecule has 0 bridgehead atoms. The maximum absolute atomic E-state index is 12.2. The topological polar surface area (TPSA) is 66.4 Å². The van der Waals surface area contributed by atoms with Gasteiger partial charge in [0.2, 0.25) is 10.0 Å². The van der Waals surface area contributed by atoms with Gasteiger partial charge < -0.3 is 5.11 Å². The molecule has 0 aliphatic heterocycles. The van der Waals surface area contributed by atoms with Crippen LogP contribution in [0.5, 0.6) is 0 Å². The molecule has 0 heterocycles. The lowest BCUT2D eigenvalue weighted by molar-refractivity contribution is 0.299. The first kappa shape index (κ1) is 15.7. The molecule has 0 radical (unpaired) electrons. The summed E-state index contributed by atoms with van der Waals surface area (Å²) in [6.07, 6.45) is 0.525. The molecule has 0 unspecified atom stereocenters. The Morgan fingerprint density at radius 3 is 2.33 bits per heavy atom. The minimum atomic E-state index is -3.52. The van der Waals surface area contributed by atoms with E-state index in [0.29, 0.717) is 6.42 Å². The third-order valence-corrected chi connectivity index (χ3v) is 4.77. The van der Waals surface area contributed by atoms with Crippen molar-refractivity contribution >= 4 is 10.0 Å². The predicted molar refractivity (Wildman–Crippen MR) is 82.4 cm³/mol. The first-order valence-corrected chi connectivity index (χ1v) is 8.25. The standard InChI is InChI=1S/C16H19NO3S/c1-13-4-2-3-5-15(13)12-17-21(19,20)16-8-6-14(7-9-16)10-11-18/h2-9,17-18H,10-12H2,1H3. The Balaban J connectivity index is 2.09. The summed E-state index contributed by atoms with van der Waals surface area (Å²) in [5, 5.41) is 8.85. The number of hydrogen-bond donors (Lipinski definition) is 2. The van der Waals surface area contributed by atoms with E-state index in [1.165, 1.54) is 0 Å². The number of rotatable bonds is 6. The Bertz CT molecular complexity index is 694. The largest absolute Gasteiger partial charge is 0.396 e. The minimum Gasteiger partial charge on any atom is -0.396 e. The van der Waals surface area contributed by atoms with Crippen molar-refractivity contribution in [3.63, 3.8) is 0 Å². The smallest absolute Gasteiger partial charge is 0.240 e. The van der Waals surface area contributed by atoms with E-state index in [9.17, 15) is 8.42 Å². The molecule has 0 aromatic heterocycles. The second kappa shape index (κ2) is 6.85. The summed E-state index contributed by atoms with van der Waals surface area (Å²) in [5.74, 6) is 0. The third-order valence-electron chi connectivity index (χ3n) is 3.35. The number of aliphatic hydroxyl groups is 1. The average Bonchev–Trinajstić information content (AvgIpc) is 2.47. The third kappa shape index (κ3) is 4.14. The molecule has 2 aromatic carbocycles. The van der Waals surface area contributed by atoms with Crippen molar-refractivity contribution in [3.8, 4) is 0 Å². The molecule has 2 rings (SSSR count). The number of sulfonamides is 1. The fraction of sp³-hybridized carbons (Fsp3) is 0.250. The molecule has 2 N–H and O–H groups in total. The lowest BCUT2D eigenvalue weighted by atomic mass is 10.1. The van der Waals surface area contributed by atoms with Gasteiger partial charge in [0.15, 0.2) is 0 Å². The first-order chi connectivity index (χ1) is 10.0. The summed E-state index contributed by atoms with van der Waals surface area (Å²) in [4.78, 5) is 0.234. The molecule has 0 spiro atoms. The van der Waals surface area contributed by atoms with Crippen LogP contribution in [-0.4, -0.2) is 20.1 Å². The number of nitrogens with one attached hydrogen (secondary N) is 1. The quantitative estimate of drug-likeness (QED) is 0.858. The van der Waals surface area contributed by atoms with Crippen LogP contribution >= 0.6 is 0 Å². The van der Waals surface area contributed by atoms with Crippen LogP contribution in [0.15, 0.2) is 53.4 Å². The molecule has 21 heavy (non-hydrogen) atoms. The molecule has 0 fully saturated rings. The van der Waals surface area contributed by atoms with Crippen molar-refractivity contribution in [1.29, 1.82) is 0 Å². The summed E-state index contributed by atoms with van der Waals surface area (Å²) in [7, 11) is -3.52. The fourth-order valence-corrected chi connectivity index (χ4v) is 3.04. The fourth-order valence-electron chi connectivity index (χ4n) is 2.03. The monoisotopic (exact) mass is 305 g/mol. The van der Waals surface area contributed by atoms with Crippen molar-refractivity contribution in [2.45, 2.75) is 24.8 Å². The second-order valence-corrected chi connectivity index (χ2v) is 6.64. The van der Waals surface area contributed by atoms with Crippen LogP contribution in [0, 0.1) is 6.92 Å². The Labute approximate surface area is 125 Å². The summed E-state index contributed by atoms with van der Waals surface area (Å²) in [5.41, 5.74) is 2.92. The highest BCUT2D eigenvalue weighted by Crippen LogP contribution is 2.13. The van der Waals surface area contributed by atoms with Gasteiger partial charge in [0.25, 0.3) is 0 Å². The highest BCUT2D eigenvalue weighted by Gasteiger charge is 2.13. The lowest BCUT2D eigenvalue weighted by Gasteiger charge is -2.09.